The van der Waals surface area contributed by atoms with Crippen LogP contribution in [0.5, 0.6) is 5.75 Å². The van der Waals surface area contributed by atoms with E-state index < -0.39 is 0 Å². The zero-order chi connectivity index (χ0) is 22.0. The van der Waals surface area contributed by atoms with Crippen molar-refractivity contribution in [2.24, 2.45) is 0 Å². The number of nitrogens with zero attached hydrogens (tertiary/aromatic N) is 3. The lowest BCUT2D eigenvalue weighted by Gasteiger charge is -2.38. The van der Waals surface area contributed by atoms with Crippen LogP contribution in [0, 0.1) is 13.8 Å². The largest absolute Gasteiger partial charge is 0.507 e. The number of aromatic hydroxyl groups is 1. The van der Waals surface area contributed by atoms with E-state index in [0.717, 1.165) is 43.0 Å². The van der Waals surface area contributed by atoms with Gasteiger partial charge in [0.2, 0.25) is 0 Å². The lowest BCUT2D eigenvalue weighted by molar-refractivity contribution is 0.125. The van der Waals surface area contributed by atoms with Crippen LogP contribution in [0.15, 0.2) is 65.5 Å². The van der Waals surface area contributed by atoms with Crippen molar-refractivity contribution in [2.45, 2.75) is 26.4 Å². The molecule has 1 aliphatic heterocycles. The minimum absolute atomic E-state index is 0.0799. The average Bonchev–Trinajstić information content (AvgIpc) is 2.76. The molecule has 2 aromatic carbocycles. The first-order valence-corrected chi connectivity index (χ1v) is 10.9. The van der Waals surface area contributed by atoms with E-state index in [1.54, 1.807) is 10.6 Å². The van der Waals surface area contributed by atoms with Crippen LogP contribution in [0.1, 0.15) is 34.0 Å². The maximum atomic E-state index is 13.8. The van der Waals surface area contributed by atoms with Gasteiger partial charge in [-0.3, -0.25) is 9.69 Å². The number of aromatic nitrogens is 1. The van der Waals surface area contributed by atoms with Gasteiger partial charge in [0, 0.05) is 31.9 Å². The molecule has 0 radical (unpaired) electrons. The first kappa shape index (κ1) is 21.3. The van der Waals surface area contributed by atoms with Crippen LogP contribution in [-0.4, -0.2) is 52.7 Å². The van der Waals surface area contributed by atoms with Gasteiger partial charge in [-0.25, -0.2) is 0 Å². The fraction of sp³-hybridized carbons (Fsp3) is 0.346. The maximum absolute atomic E-state index is 13.8. The molecule has 0 spiro atoms. The molecule has 1 saturated heterocycles. The van der Waals surface area contributed by atoms with Crippen molar-refractivity contribution in [1.82, 2.24) is 14.4 Å². The fourth-order valence-electron chi connectivity index (χ4n) is 4.38. The van der Waals surface area contributed by atoms with E-state index in [2.05, 4.69) is 48.0 Å². The van der Waals surface area contributed by atoms with Gasteiger partial charge in [-0.1, -0.05) is 60.2 Å². The highest BCUT2D eigenvalue weighted by atomic mass is 16.3. The number of hydrogen-bond donors (Lipinski definition) is 1. The molecule has 0 bridgehead atoms. The second-order valence-corrected chi connectivity index (χ2v) is 8.61. The molecule has 2 heterocycles. The Morgan fingerprint density at radius 3 is 2.23 bits per heavy atom. The molecule has 1 atom stereocenters. The number of hydrogen-bond acceptors (Lipinski definition) is 4. The van der Waals surface area contributed by atoms with Gasteiger partial charge in [-0.05, 0) is 38.1 Å². The molecule has 1 fully saturated rings. The van der Waals surface area contributed by atoms with Crippen LogP contribution in [0.4, 0.5) is 0 Å². The van der Waals surface area contributed by atoms with Gasteiger partial charge < -0.3 is 14.6 Å². The molecule has 162 valence electrons. The van der Waals surface area contributed by atoms with Crippen LogP contribution in [0.3, 0.4) is 0 Å². The number of piperazine rings is 1. The lowest BCUT2D eigenvalue weighted by atomic mass is 9.95. The summed E-state index contributed by atoms with van der Waals surface area (Å²) in [6, 6.07) is 19.8. The van der Waals surface area contributed by atoms with Gasteiger partial charge in [0.15, 0.2) is 0 Å². The van der Waals surface area contributed by atoms with E-state index in [0.29, 0.717) is 12.1 Å². The van der Waals surface area contributed by atoms with Gasteiger partial charge in [0.05, 0.1) is 18.2 Å². The van der Waals surface area contributed by atoms with Crippen molar-refractivity contribution in [3.63, 3.8) is 0 Å². The number of likely N-dealkylation sites (N-methyl/N-ethyl adjacent to an activating group) is 1. The van der Waals surface area contributed by atoms with Gasteiger partial charge >= 0.3 is 0 Å². The molecule has 0 amide bonds. The maximum Gasteiger partial charge on any atom is 0.259 e. The Morgan fingerprint density at radius 2 is 1.58 bits per heavy atom. The van der Waals surface area contributed by atoms with E-state index in [-0.39, 0.29) is 17.4 Å². The normalized spacial score (nSPS) is 16.4. The summed E-state index contributed by atoms with van der Waals surface area (Å²) in [5.74, 6) is 0.0799. The van der Waals surface area contributed by atoms with Gasteiger partial charge in [0.25, 0.3) is 5.56 Å². The highest BCUT2D eigenvalue weighted by Gasteiger charge is 2.30. The molecule has 1 aromatic heterocycles. The highest BCUT2D eigenvalue weighted by molar-refractivity contribution is 5.42. The zero-order valence-electron chi connectivity index (χ0n) is 18.6. The van der Waals surface area contributed by atoms with Crippen LogP contribution < -0.4 is 5.56 Å². The Kier molecular flexibility index (Phi) is 6.25. The van der Waals surface area contributed by atoms with Gasteiger partial charge in [0.1, 0.15) is 5.75 Å². The molecule has 31 heavy (non-hydrogen) atoms. The van der Waals surface area contributed by atoms with E-state index in [1.165, 1.54) is 5.56 Å². The zero-order valence-corrected chi connectivity index (χ0v) is 18.6. The highest BCUT2D eigenvalue weighted by Crippen LogP contribution is 2.33. The predicted octanol–water partition coefficient (Wildman–Crippen LogP) is 3.56. The summed E-state index contributed by atoms with van der Waals surface area (Å²) in [7, 11) is 2.12. The summed E-state index contributed by atoms with van der Waals surface area (Å²) in [6.07, 6.45) is 0. The monoisotopic (exact) mass is 417 g/mol. The van der Waals surface area contributed by atoms with Crippen LogP contribution >= 0.6 is 0 Å². The summed E-state index contributed by atoms with van der Waals surface area (Å²) < 4.78 is 1.78. The summed E-state index contributed by atoms with van der Waals surface area (Å²) in [5, 5.41) is 11.0. The second kappa shape index (κ2) is 9.08. The smallest absolute Gasteiger partial charge is 0.259 e. The van der Waals surface area contributed by atoms with Crippen LogP contribution in [0.25, 0.3) is 0 Å². The molecule has 1 aliphatic rings. The first-order valence-electron chi connectivity index (χ1n) is 10.9. The molecule has 0 saturated carbocycles. The molecule has 0 aliphatic carbocycles. The topological polar surface area (TPSA) is 48.7 Å². The second-order valence-electron chi connectivity index (χ2n) is 8.61. The molecule has 3 aromatic rings. The Bertz CT molecular complexity index is 1080. The van der Waals surface area contributed by atoms with Crippen LogP contribution in [-0.2, 0) is 6.54 Å². The summed E-state index contributed by atoms with van der Waals surface area (Å²) in [4.78, 5) is 18.4. The quantitative estimate of drug-likeness (QED) is 0.690. The fourth-order valence-corrected chi connectivity index (χ4v) is 4.38. The third kappa shape index (κ3) is 4.58. The number of pyridine rings is 1. The molecule has 4 rings (SSSR count). The molecular weight excluding hydrogens is 386 g/mol. The van der Waals surface area contributed by atoms with E-state index in [1.807, 2.05) is 37.3 Å². The van der Waals surface area contributed by atoms with Crippen molar-refractivity contribution in [2.75, 3.05) is 33.2 Å². The van der Waals surface area contributed by atoms with E-state index in [9.17, 15) is 9.90 Å². The molecular formula is C26H31N3O2. The third-order valence-electron chi connectivity index (χ3n) is 6.28. The Morgan fingerprint density at radius 1 is 0.935 bits per heavy atom. The molecule has 5 nitrogen and oxygen atoms in total. The number of rotatable bonds is 5. The SMILES string of the molecule is Cc1ccc([C@H](c2c(O)cc(C)n(Cc3ccccc3)c2=O)N2CCN(C)CC2)cc1. The predicted molar refractivity (Wildman–Crippen MR) is 125 cm³/mol. The molecule has 1 N–H and O–H groups in total. The van der Waals surface area contributed by atoms with Crippen molar-refractivity contribution in [3.8, 4) is 5.75 Å². The van der Waals surface area contributed by atoms with Crippen molar-refractivity contribution in [1.29, 1.82) is 0 Å². The summed E-state index contributed by atoms with van der Waals surface area (Å²) >= 11 is 0. The minimum atomic E-state index is -0.274. The van der Waals surface area contributed by atoms with Crippen molar-refractivity contribution < 1.29 is 5.11 Å². The first-order chi connectivity index (χ1) is 14.9. The summed E-state index contributed by atoms with van der Waals surface area (Å²) in [5.41, 5.74) is 4.39. The van der Waals surface area contributed by atoms with Gasteiger partial charge in [-0.2, -0.15) is 0 Å². The number of benzene rings is 2. The minimum Gasteiger partial charge on any atom is -0.507 e. The van der Waals surface area contributed by atoms with Crippen molar-refractivity contribution >= 4 is 0 Å². The Balaban J connectivity index is 1.83. The number of aryl methyl sites for hydroxylation is 2. The van der Waals surface area contributed by atoms with Gasteiger partial charge in [-0.15, -0.1) is 0 Å². The Hall–Kier alpha value is -2.89. The molecule has 5 heteroatoms. The standard InChI is InChI=1S/C26H31N3O2/c1-19-9-11-22(12-10-19)25(28-15-13-27(3)14-16-28)24-23(30)17-20(2)29(26(24)31)18-21-7-5-4-6-8-21/h4-12,17,25,30H,13-16,18H2,1-3H3/t25-/m1/s1. The van der Waals surface area contributed by atoms with E-state index in [4.69, 9.17) is 0 Å². The van der Waals surface area contributed by atoms with Crippen molar-refractivity contribution in [3.05, 3.63) is 99.0 Å². The third-order valence-corrected chi connectivity index (χ3v) is 6.28. The summed E-state index contributed by atoms with van der Waals surface area (Å²) in [6.45, 7) is 8.00. The lowest BCUT2D eigenvalue weighted by Crippen LogP contribution is -2.47. The average molecular weight is 418 g/mol. The Labute approximate surface area is 184 Å². The molecule has 0 unspecified atom stereocenters. The van der Waals surface area contributed by atoms with Crippen LogP contribution in [0.2, 0.25) is 0 Å². The van der Waals surface area contributed by atoms with E-state index >= 15 is 0 Å².